The molecule has 1 heterocycles. The predicted molar refractivity (Wildman–Crippen MR) is 32.6 cm³/mol. The molecule has 0 aliphatic rings. The summed E-state index contributed by atoms with van der Waals surface area (Å²) >= 11 is -2.10. The average Bonchev–Trinajstić information content (AvgIpc) is 2.13. The van der Waals surface area contributed by atoms with Crippen LogP contribution in [0.4, 0.5) is 0 Å². The van der Waals surface area contributed by atoms with Gasteiger partial charge in [-0.05, 0) is 23.2 Å². The van der Waals surface area contributed by atoms with Gasteiger partial charge in [0.15, 0.2) is 0 Å². The quantitative estimate of drug-likeness (QED) is 0.336. The number of hydrogen-bond acceptors (Lipinski definition) is 2. The average molecular weight is 167 g/mol. The van der Waals surface area contributed by atoms with Gasteiger partial charge in [0.2, 0.25) is 0 Å². The van der Waals surface area contributed by atoms with E-state index in [2.05, 4.69) is 0 Å². The SMILES string of the molecule is Cn1cccc1S(=O)[O-].[Na+]. The minimum absolute atomic E-state index is 0. The summed E-state index contributed by atoms with van der Waals surface area (Å²) in [5.41, 5.74) is 0. The molecule has 5 heteroatoms. The van der Waals surface area contributed by atoms with Crippen LogP contribution in [0.15, 0.2) is 23.4 Å². The van der Waals surface area contributed by atoms with Crippen LogP contribution in [0.3, 0.4) is 0 Å². The molecule has 1 aromatic rings. The molecule has 0 aromatic carbocycles. The number of rotatable bonds is 1. The van der Waals surface area contributed by atoms with Gasteiger partial charge in [-0.1, -0.05) is 0 Å². The van der Waals surface area contributed by atoms with Crippen LogP contribution in [0.2, 0.25) is 0 Å². The Morgan fingerprint density at radius 2 is 2.30 bits per heavy atom. The van der Waals surface area contributed by atoms with Crippen LogP contribution >= 0.6 is 0 Å². The van der Waals surface area contributed by atoms with E-state index in [0.717, 1.165) is 0 Å². The van der Waals surface area contributed by atoms with E-state index in [1.165, 1.54) is 0 Å². The van der Waals surface area contributed by atoms with Gasteiger partial charge >= 0.3 is 29.6 Å². The van der Waals surface area contributed by atoms with Crippen LogP contribution in [-0.2, 0) is 18.1 Å². The first-order valence-electron chi connectivity index (χ1n) is 2.42. The van der Waals surface area contributed by atoms with Crippen molar-refractivity contribution in [1.82, 2.24) is 4.57 Å². The molecular formula is C5H6NNaO2S. The fraction of sp³-hybridized carbons (Fsp3) is 0.200. The van der Waals surface area contributed by atoms with E-state index < -0.39 is 11.1 Å². The van der Waals surface area contributed by atoms with E-state index >= 15 is 0 Å². The Kier molecular flexibility index (Phi) is 4.47. The zero-order valence-electron chi connectivity index (χ0n) is 5.90. The van der Waals surface area contributed by atoms with E-state index in [1.807, 2.05) is 0 Å². The van der Waals surface area contributed by atoms with E-state index in [-0.39, 0.29) is 29.6 Å². The third-order valence-electron chi connectivity index (χ3n) is 1.07. The normalized spacial score (nSPS) is 12.2. The molecule has 0 aliphatic carbocycles. The maximum absolute atomic E-state index is 10.3. The second-order valence-electron chi connectivity index (χ2n) is 1.69. The molecule has 0 fully saturated rings. The first kappa shape index (κ1) is 10.4. The first-order chi connectivity index (χ1) is 4.22. The standard InChI is InChI=1S/C5H7NO2S.Na/c1-6-4-2-3-5(6)9(7)8;/h2-4H,1H3,(H,7,8);/q;+1/p-1. The van der Waals surface area contributed by atoms with Gasteiger partial charge in [0.1, 0.15) is 0 Å². The van der Waals surface area contributed by atoms with Crippen molar-refractivity contribution in [2.45, 2.75) is 5.03 Å². The maximum Gasteiger partial charge on any atom is 1.00 e. The largest absolute Gasteiger partial charge is 1.00 e. The topological polar surface area (TPSA) is 45.1 Å². The molecule has 0 amide bonds. The van der Waals surface area contributed by atoms with Crippen molar-refractivity contribution in [2.24, 2.45) is 7.05 Å². The van der Waals surface area contributed by atoms with Crippen molar-refractivity contribution in [3.63, 3.8) is 0 Å². The summed E-state index contributed by atoms with van der Waals surface area (Å²) in [7, 11) is 1.69. The fourth-order valence-corrected chi connectivity index (χ4v) is 1.10. The van der Waals surface area contributed by atoms with Gasteiger partial charge in [0, 0.05) is 13.2 Å². The van der Waals surface area contributed by atoms with Gasteiger partial charge in [-0.3, -0.25) is 4.21 Å². The summed E-state index contributed by atoms with van der Waals surface area (Å²) < 4.78 is 22.1. The molecule has 0 saturated carbocycles. The Labute approximate surface area is 84.0 Å². The van der Waals surface area contributed by atoms with E-state index in [0.29, 0.717) is 5.03 Å². The van der Waals surface area contributed by atoms with E-state index in [4.69, 9.17) is 0 Å². The molecule has 1 unspecified atom stereocenters. The fourth-order valence-electron chi connectivity index (χ4n) is 0.619. The van der Waals surface area contributed by atoms with Gasteiger partial charge in [-0.2, -0.15) is 0 Å². The van der Waals surface area contributed by atoms with Gasteiger partial charge < -0.3 is 9.12 Å². The molecule has 3 nitrogen and oxygen atoms in total. The summed E-state index contributed by atoms with van der Waals surface area (Å²) in [6.07, 6.45) is 1.69. The van der Waals surface area contributed by atoms with Crippen LogP contribution in [0.25, 0.3) is 0 Å². The van der Waals surface area contributed by atoms with Crippen LogP contribution in [-0.4, -0.2) is 13.3 Å². The van der Waals surface area contributed by atoms with Crippen molar-refractivity contribution in [1.29, 1.82) is 0 Å². The summed E-state index contributed by atoms with van der Waals surface area (Å²) in [5, 5.41) is 0.315. The third-order valence-corrected chi connectivity index (χ3v) is 1.83. The Morgan fingerprint density at radius 1 is 1.70 bits per heavy atom. The number of hydrogen-bond donors (Lipinski definition) is 0. The second-order valence-corrected chi connectivity index (χ2v) is 2.58. The van der Waals surface area contributed by atoms with E-state index in [1.54, 1.807) is 29.9 Å². The van der Waals surface area contributed by atoms with Crippen LogP contribution in [0.5, 0.6) is 0 Å². The van der Waals surface area contributed by atoms with Gasteiger partial charge in [0.25, 0.3) is 0 Å². The first-order valence-corrected chi connectivity index (χ1v) is 3.50. The third kappa shape index (κ3) is 2.21. The van der Waals surface area contributed by atoms with Crippen LogP contribution in [0, 0.1) is 0 Å². The molecule has 1 rings (SSSR count). The molecule has 0 aliphatic heterocycles. The molecule has 0 saturated heterocycles. The van der Waals surface area contributed by atoms with Crippen molar-refractivity contribution < 1.29 is 38.3 Å². The number of aryl methyl sites for hydroxylation is 1. The number of nitrogens with zero attached hydrogens (tertiary/aromatic N) is 1. The Morgan fingerprint density at radius 3 is 2.50 bits per heavy atom. The molecule has 0 bridgehead atoms. The van der Waals surface area contributed by atoms with Gasteiger partial charge in [-0.15, -0.1) is 0 Å². The zero-order chi connectivity index (χ0) is 6.85. The van der Waals surface area contributed by atoms with Crippen LogP contribution in [0.1, 0.15) is 0 Å². The predicted octanol–water partition coefficient (Wildman–Crippen LogP) is -2.73. The van der Waals surface area contributed by atoms with Crippen molar-refractivity contribution in [3.05, 3.63) is 18.3 Å². The van der Waals surface area contributed by atoms with E-state index in [9.17, 15) is 8.76 Å². The Hall–Kier alpha value is 0.390. The summed E-state index contributed by atoms with van der Waals surface area (Å²) in [5.74, 6) is 0. The minimum atomic E-state index is -2.10. The van der Waals surface area contributed by atoms with Crippen molar-refractivity contribution in [2.75, 3.05) is 0 Å². The molecule has 0 radical (unpaired) electrons. The molecule has 1 atom stereocenters. The smallest absolute Gasteiger partial charge is 0.767 e. The van der Waals surface area contributed by atoms with Crippen LogP contribution < -0.4 is 29.6 Å². The molecule has 10 heavy (non-hydrogen) atoms. The zero-order valence-corrected chi connectivity index (χ0v) is 8.72. The summed E-state index contributed by atoms with van der Waals surface area (Å²) in [4.78, 5) is 0. The molecule has 0 N–H and O–H groups in total. The van der Waals surface area contributed by atoms with Gasteiger partial charge in [-0.25, -0.2) is 0 Å². The van der Waals surface area contributed by atoms with Crippen molar-refractivity contribution >= 4 is 11.1 Å². The number of aromatic nitrogens is 1. The Bertz CT molecular complexity index is 235. The molecule has 0 spiro atoms. The Balaban J connectivity index is 0.000000810. The molecule has 50 valence electrons. The monoisotopic (exact) mass is 167 g/mol. The van der Waals surface area contributed by atoms with Gasteiger partial charge in [0.05, 0.1) is 5.03 Å². The second kappa shape index (κ2) is 4.31. The summed E-state index contributed by atoms with van der Waals surface area (Å²) in [6, 6.07) is 3.23. The maximum atomic E-state index is 10.3. The summed E-state index contributed by atoms with van der Waals surface area (Å²) in [6.45, 7) is 0. The molecule has 1 aromatic heterocycles. The molecular weight excluding hydrogens is 161 g/mol. The van der Waals surface area contributed by atoms with Crippen molar-refractivity contribution in [3.8, 4) is 0 Å². The minimum Gasteiger partial charge on any atom is -0.767 e.